The Balaban J connectivity index is 1.55. The Morgan fingerprint density at radius 3 is 2.81 bits per heavy atom. The number of halogens is 1. The molecule has 31 heavy (non-hydrogen) atoms. The molecule has 0 spiro atoms. The Hall–Kier alpha value is -3.48. The molecule has 1 atom stereocenters. The van der Waals surface area contributed by atoms with Crippen LogP contribution in [-0.2, 0) is 12.8 Å². The molecular formula is C24H24FN5O. The molecule has 0 saturated carbocycles. The molecule has 0 radical (unpaired) electrons. The molecule has 0 bridgehead atoms. The second-order valence-corrected chi connectivity index (χ2v) is 8.45. The zero-order valence-electron chi connectivity index (χ0n) is 17.5. The van der Waals surface area contributed by atoms with Gasteiger partial charge in [0.1, 0.15) is 17.4 Å². The SMILES string of the molecule is CC(C)c1cnn2c(N[C@H]3CCc4cc(O)ccc4C3)cc(-c3cncc(F)c3)nc12. The van der Waals surface area contributed by atoms with Crippen molar-refractivity contribution in [3.8, 4) is 17.0 Å². The third-order valence-corrected chi connectivity index (χ3v) is 5.89. The second-order valence-electron chi connectivity index (χ2n) is 8.45. The third kappa shape index (κ3) is 3.71. The molecule has 3 heterocycles. The summed E-state index contributed by atoms with van der Waals surface area (Å²) in [5.41, 5.74) is 5.53. The number of hydrogen-bond donors (Lipinski definition) is 2. The van der Waals surface area contributed by atoms with Gasteiger partial charge in [-0.15, -0.1) is 0 Å². The van der Waals surface area contributed by atoms with Gasteiger partial charge in [0.25, 0.3) is 0 Å². The van der Waals surface area contributed by atoms with E-state index in [0.29, 0.717) is 17.0 Å². The number of fused-ring (bicyclic) bond motifs is 2. The Bertz CT molecular complexity index is 1270. The van der Waals surface area contributed by atoms with E-state index in [1.165, 1.54) is 23.4 Å². The van der Waals surface area contributed by atoms with Crippen molar-refractivity contribution in [1.29, 1.82) is 0 Å². The molecule has 0 unspecified atom stereocenters. The van der Waals surface area contributed by atoms with Crippen LogP contribution in [0, 0.1) is 5.82 Å². The minimum Gasteiger partial charge on any atom is -0.508 e. The number of hydrogen-bond acceptors (Lipinski definition) is 5. The van der Waals surface area contributed by atoms with E-state index in [1.807, 2.05) is 28.9 Å². The highest BCUT2D eigenvalue weighted by Gasteiger charge is 2.21. The number of aromatic nitrogens is 4. The first-order valence-electron chi connectivity index (χ1n) is 10.5. The number of pyridine rings is 1. The Kier molecular flexibility index (Phi) is 4.81. The van der Waals surface area contributed by atoms with E-state index >= 15 is 0 Å². The molecule has 0 fully saturated rings. The number of phenolic OH excluding ortho intramolecular Hbond substituents is 1. The fraction of sp³-hybridized carbons (Fsp3) is 0.292. The average Bonchev–Trinajstić information content (AvgIpc) is 3.18. The van der Waals surface area contributed by atoms with Crippen molar-refractivity contribution >= 4 is 11.5 Å². The number of aromatic hydroxyl groups is 1. The topological polar surface area (TPSA) is 75.3 Å². The molecule has 0 amide bonds. The van der Waals surface area contributed by atoms with E-state index in [-0.39, 0.29) is 12.0 Å². The van der Waals surface area contributed by atoms with Crippen LogP contribution >= 0.6 is 0 Å². The summed E-state index contributed by atoms with van der Waals surface area (Å²) in [6, 6.07) is 9.16. The molecule has 1 aliphatic rings. The van der Waals surface area contributed by atoms with E-state index in [4.69, 9.17) is 4.98 Å². The lowest BCUT2D eigenvalue weighted by Crippen LogP contribution is -2.28. The average molecular weight is 417 g/mol. The van der Waals surface area contributed by atoms with Crippen molar-refractivity contribution in [3.63, 3.8) is 0 Å². The molecule has 3 aromatic heterocycles. The van der Waals surface area contributed by atoms with Crippen LogP contribution in [0.25, 0.3) is 16.9 Å². The lowest BCUT2D eigenvalue weighted by molar-refractivity contribution is 0.472. The number of rotatable bonds is 4. The number of aryl methyl sites for hydroxylation is 1. The lowest BCUT2D eigenvalue weighted by Gasteiger charge is -2.26. The Morgan fingerprint density at radius 2 is 2.00 bits per heavy atom. The smallest absolute Gasteiger partial charge is 0.161 e. The monoisotopic (exact) mass is 417 g/mol. The second kappa shape index (κ2) is 7.65. The zero-order valence-corrected chi connectivity index (χ0v) is 17.5. The highest BCUT2D eigenvalue weighted by atomic mass is 19.1. The van der Waals surface area contributed by atoms with E-state index < -0.39 is 5.82 Å². The van der Waals surface area contributed by atoms with Gasteiger partial charge in [-0.05, 0) is 54.5 Å². The first-order valence-corrected chi connectivity index (χ1v) is 10.5. The van der Waals surface area contributed by atoms with E-state index in [0.717, 1.165) is 36.3 Å². The molecule has 2 N–H and O–H groups in total. The molecule has 6 nitrogen and oxygen atoms in total. The summed E-state index contributed by atoms with van der Waals surface area (Å²) in [4.78, 5) is 8.78. The van der Waals surface area contributed by atoms with Crippen LogP contribution < -0.4 is 5.32 Å². The van der Waals surface area contributed by atoms with Crippen LogP contribution in [0.5, 0.6) is 5.75 Å². The maximum atomic E-state index is 13.8. The van der Waals surface area contributed by atoms with Crippen LogP contribution in [0.15, 0.2) is 48.9 Å². The van der Waals surface area contributed by atoms with Crippen molar-refractivity contribution in [3.05, 3.63) is 71.4 Å². The van der Waals surface area contributed by atoms with Gasteiger partial charge in [-0.2, -0.15) is 9.61 Å². The van der Waals surface area contributed by atoms with Gasteiger partial charge in [0, 0.05) is 29.4 Å². The normalized spacial score (nSPS) is 15.9. The van der Waals surface area contributed by atoms with Crippen LogP contribution in [0.4, 0.5) is 10.2 Å². The maximum Gasteiger partial charge on any atom is 0.161 e. The summed E-state index contributed by atoms with van der Waals surface area (Å²) in [6.45, 7) is 4.21. The molecule has 7 heteroatoms. The van der Waals surface area contributed by atoms with Gasteiger partial charge in [-0.1, -0.05) is 19.9 Å². The van der Waals surface area contributed by atoms with Gasteiger partial charge in [-0.3, -0.25) is 4.98 Å². The van der Waals surface area contributed by atoms with E-state index in [1.54, 1.807) is 12.3 Å². The van der Waals surface area contributed by atoms with Gasteiger partial charge in [0.2, 0.25) is 0 Å². The molecule has 5 rings (SSSR count). The molecule has 158 valence electrons. The Labute approximate surface area is 179 Å². The van der Waals surface area contributed by atoms with Crippen LogP contribution in [0.3, 0.4) is 0 Å². The lowest BCUT2D eigenvalue weighted by atomic mass is 9.88. The standard InChI is InChI=1S/C24H24FN5O/c1-14(2)21-13-27-30-23(10-22(29-24(21)30)17-7-18(25)12-26-11-17)28-19-5-3-16-9-20(31)6-4-15(16)8-19/h4,6-7,9-14,19,28,31H,3,5,8H2,1-2H3/t19-/m0/s1. The predicted octanol–water partition coefficient (Wildman–Crippen LogP) is 4.73. The summed E-state index contributed by atoms with van der Waals surface area (Å²) in [5.74, 6) is 1.00. The van der Waals surface area contributed by atoms with Crippen LogP contribution in [0.1, 0.15) is 42.9 Å². The summed E-state index contributed by atoms with van der Waals surface area (Å²) < 4.78 is 15.6. The van der Waals surface area contributed by atoms with Crippen molar-refractivity contribution in [1.82, 2.24) is 19.6 Å². The maximum absolute atomic E-state index is 13.8. The fourth-order valence-electron chi connectivity index (χ4n) is 4.26. The van der Waals surface area contributed by atoms with Crippen molar-refractivity contribution in [2.75, 3.05) is 5.32 Å². The highest BCUT2D eigenvalue weighted by molar-refractivity contribution is 5.67. The van der Waals surface area contributed by atoms with E-state index in [9.17, 15) is 9.50 Å². The number of benzene rings is 1. The molecular weight excluding hydrogens is 393 g/mol. The minimum absolute atomic E-state index is 0.216. The van der Waals surface area contributed by atoms with Crippen molar-refractivity contribution in [2.45, 2.75) is 45.1 Å². The molecule has 0 saturated heterocycles. The number of nitrogens with one attached hydrogen (secondary N) is 1. The molecule has 0 aliphatic heterocycles. The quantitative estimate of drug-likeness (QED) is 0.502. The summed E-state index contributed by atoms with van der Waals surface area (Å²) in [7, 11) is 0. The highest BCUT2D eigenvalue weighted by Crippen LogP contribution is 2.30. The first kappa shape index (κ1) is 19.5. The number of phenols is 1. The summed E-state index contributed by atoms with van der Waals surface area (Å²) in [6.07, 6.45) is 7.36. The largest absolute Gasteiger partial charge is 0.508 e. The van der Waals surface area contributed by atoms with E-state index in [2.05, 4.69) is 29.2 Å². The van der Waals surface area contributed by atoms with Crippen molar-refractivity contribution < 1.29 is 9.50 Å². The first-order chi connectivity index (χ1) is 15.0. The third-order valence-electron chi connectivity index (χ3n) is 5.89. The minimum atomic E-state index is -0.390. The van der Waals surface area contributed by atoms with Gasteiger partial charge < -0.3 is 10.4 Å². The van der Waals surface area contributed by atoms with Gasteiger partial charge >= 0.3 is 0 Å². The zero-order chi connectivity index (χ0) is 21.5. The molecule has 1 aliphatic carbocycles. The van der Waals surface area contributed by atoms with Crippen LogP contribution in [0.2, 0.25) is 0 Å². The van der Waals surface area contributed by atoms with Gasteiger partial charge in [-0.25, -0.2) is 9.37 Å². The van der Waals surface area contributed by atoms with Gasteiger partial charge in [0.05, 0.1) is 18.1 Å². The Morgan fingerprint density at radius 1 is 1.13 bits per heavy atom. The number of nitrogens with zero attached hydrogens (tertiary/aromatic N) is 4. The number of anilines is 1. The predicted molar refractivity (Wildman–Crippen MR) is 118 cm³/mol. The van der Waals surface area contributed by atoms with Gasteiger partial charge in [0.15, 0.2) is 5.65 Å². The van der Waals surface area contributed by atoms with Crippen LogP contribution in [-0.4, -0.2) is 30.7 Å². The molecule has 1 aromatic carbocycles. The fourth-order valence-corrected chi connectivity index (χ4v) is 4.26. The summed E-state index contributed by atoms with van der Waals surface area (Å²) >= 11 is 0. The summed E-state index contributed by atoms with van der Waals surface area (Å²) in [5, 5.41) is 18.0. The molecule has 4 aromatic rings. The van der Waals surface area contributed by atoms with Crippen molar-refractivity contribution in [2.24, 2.45) is 0 Å².